The van der Waals surface area contributed by atoms with Crippen LogP contribution in [0.1, 0.15) is 27.9 Å². The highest BCUT2D eigenvalue weighted by Crippen LogP contribution is 2.17. The molecule has 1 atom stereocenters. The first-order chi connectivity index (χ1) is 12.0. The van der Waals surface area contributed by atoms with Crippen molar-refractivity contribution >= 4 is 5.91 Å². The van der Waals surface area contributed by atoms with Crippen LogP contribution in [-0.4, -0.2) is 35.1 Å². The Labute approximate surface area is 145 Å². The number of aliphatic hydroxyl groups excluding tert-OH is 1. The Balaban J connectivity index is 1.65. The van der Waals surface area contributed by atoms with E-state index in [0.717, 1.165) is 36.2 Å². The number of nitrogens with zero attached hydrogens (tertiary/aromatic N) is 1. The van der Waals surface area contributed by atoms with Crippen LogP contribution >= 0.6 is 0 Å². The van der Waals surface area contributed by atoms with E-state index in [0.29, 0.717) is 19.2 Å². The van der Waals surface area contributed by atoms with E-state index in [1.54, 1.807) is 0 Å². The number of hydrogen-bond donors (Lipinski definition) is 2. The second kappa shape index (κ2) is 7.72. The van der Waals surface area contributed by atoms with E-state index in [4.69, 9.17) is 0 Å². The molecule has 25 heavy (non-hydrogen) atoms. The normalized spacial score (nSPS) is 17.6. The number of halogens is 2. The number of benzene rings is 2. The van der Waals surface area contributed by atoms with Crippen LogP contribution in [0.25, 0.3) is 0 Å². The maximum absolute atomic E-state index is 13.7. The highest BCUT2D eigenvalue weighted by atomic mass is 19.1. The third kappa shape index (κ3) is 4.41. The summed E-state index contributed by atoms with van der Waals surface area (Å²) in [4.78, 5) is 14.3. The summed E-state index contributed by atoms with van der Waals surface area (Å²) in [6, 6.07) is 10.6. The van der Waals surface area contributed by atoms with Gasteiger partial charge in [-0.15, -0.1) is 0 Å². The Morgan fingerprint density at radius 2 is 1.96 bits per heavy atom. The predicted molar refractivity (Wildman–Crippen MR) is 89.9 cm³/mol. The van der Waals surface area contributed by atoms with Crippen LogP contribution < -0.4 is 5.32 Å². The van der Waals surface area contributed by atoms with Crippen molar-refractivity contribution < 1.29 is 18.7 Å². The molecule has 0 unspecified atom stereocenters. The molecule has 2 aromatic rings. The fourth-order valence-electron chi connectivity index (χ4n) is 3.03. The number of rotatable bonds is 5. The van der Waals surface area contributed by atoms with Gasteiger partial charge in [0.05, 0.1) is 11.7 Å². The Kier molecular flexibility index (Phi) is 5.40. The lowest BCUT2D eigenvalue weighted by molar-refractivity contribution is 0.0946. The number of likely N-dealkylation sites (tertiary alicyclic amines) is 1. The summed E-state index contributed by atoms with van der Waals surface area (Å²) in [6.07, 6.45) is 0.483. The molecule has 1 aliphatic heterocycles. The molecule has 1 heterocycles. The van der Waals surface area contributed by atoms with E-state index < -0.39 is 17.5 Å². The van der Waals surface area contributed by atoms with Gasteiger partial charge in [-0.3, -0.25) is 9.69 Å². The van der Waals surface area contributed by atoms with Crippen LogP contribution in [0.3, 0.4) is 0 Å². The Hall–Kier alpha value is -2.31. The maximum Gasteiger partial charge on any atom is 0.254 e. The number of amides is 1. The van der Waals surface area contributed by atoms with Gasteiger partial charge in [-0.2, -0.15) is 0 Å². The van der Waals surface area contributed by atoms with Gasteiger partial charge >= 0.3 is 0 Å². The standard InChI is InChI=1S/C19H20F2N2O2/c20-15-5-6-17(18(21)9-15)19(25)22-10-13-3-1-2-4-14(13)11-23-8-7-16(24)12-23/h1-6,9,16,24H,7-8,10-12H2,(H,22,25)/t16-/m1/s1. The van der Waals surface area contributed by atoms with Crippen LogP contribution in [0.4, 0.5) is 8.78 Å². The Bertz CT molecular complexity index is 767. The van der Waals surface area contributed by atoms with Crippen molar-refractivity contribution in [2.75, 3.05) is 13.1 Å². The number of nitrogens with one attached hydrogen (secondary N) is 1. The monoisotopic (exact) mass is 346 g/mol. The van der Waals surface area contributed by atoms with Crippen molar-refractivity contribution in [3.63, 3.8) is 0 Å². The number of carbonyl (C=O) groups excluding carboxylic acids is 1. The van der Waals surface area contributed by atoms with Gasteiger partial charge in [-0.25, -0.2) is 8.78 Å². The number of β-amino-alcohol motifs (C(OH)–C–C–N with tert-alkyl or cyclic N) is 1. The molecule has 0 aliphatic carbocycles. The van der Waals surface area contributed by atoms with E-state index >= 15 is 0 Å². The van der Waals surface area contributed by atoms with Gasteiger partial charge in [0.25, 0.3) is 5.91 Å². The fourth-order valence-corrected chi connectivity index (χ4v) is 3.03. The molecule has 1 saturated heterocycles. The summed E-state index contributed by atoms with van der Waals surface area (Å²) >= 11 is 0. The van der Waals surface area contributed by atoms with E-state index in [1.165, 1.54) is 0 Å². The van der Waals surface area contributed by atoms with Crippen molar-refractivity contribution in [3.8, 4) is 0 Å². The quantitative estimate of drug-likeness (QED) is 0.874. The molecule has 132 valence electrons. The molecule has 1 aliphatic rings. The molecule has 0 radical (unpaired) electrons. The highest BCUT2D eigenvalue weighted by molar-refractivity contribution is 5.94. The average Bonchev–Trinajstić information content (AvgIpc) is 2.99. The smallest absolute Gasteiger partial charge is 0.254 e. The van der Waals surface area contributed by atoms with E-state index in [1.807, 2.05) is 24.3 Å². The van der Waals surface area contributed by atoms with Gasteiger partial charge in [0.1, 0.15) is 11.6 Å². The zero-order valence-electron chi connectivity index (χ0n) is 13.7. The van der Waals surface area contributed by atoms with Crippen LogP contribution in [-0.2, 0) is 13.1 Å². The molecule has 2 aromatic carbocycles. The van der Waals surface area contributed by atoms with Gasteiger partial charge in [0.2, 0.25) is 0 Å². The molecule has 6 heteroatoms. The topological polar surface area (TPSA) is 52.6 Å². The first-order valence-corrected chi connectivity index (χ1v) is 8.23. The number of aliphatic hydroxyl groups is 1. The van der Waals surface area contributed by atoms with Gasteiger partial charge < -0.3 is 10.4 Å². The second-order valence-electron chi connectivity index (χ2n) is 6.25. The summed E-state index contributed by atoms with van der Waals surface area (Å²) in [7, 11) is 0. The SMILES string of the molecule is O=C(NCc1ccccc1CN1CC[C@@H](O)C1)c1ccc(F)cc1F. The third-order valence-corrected chi connectivity index (χ3v) is 4.37. The van der Waals surface area contributed by atoms with Gasteiger partial charge in [-0.05, 0) is 29.7 Å². The van der Waals surface area contributed by atoms with Crippen LogP contribution in [0.15, 0.2) is 42.5 Å². The van der Waals surface area contributed by atoms with Gasteiger partial charge in [0, 0.05) is 32.2 Å². The predicted octanol–water partition coefficient (Wildman–Crippen LogP) is 2.46. The van der Waals surface area contributed by atoms with Gasteiger partial charge in [-0.1, -0.05) is 24.3 Å². The zero-order chi connectivity index (χ0) is 17.8. The molecular weight excluding hydrogens is 326 g/mol. The summed E-state index contributed by atoms with van der Waals surface area (Å²) in [5, 5.41) is 12.3. The molecule has 0 saturated carbocycles. The molecule has 1 fully saturated rings. The molecule has 0 spiro atoms. The second-order valence-corrected chi connectivity index (χ2v) is 6.25. The zero-order valence-corrected chi connectivity index (χ0v) is 13.7. The molecule has 0 aromatic heterocycles. The first-order valence-electron chi connectivity index (χ1n) is 8.23. The molecule has 4 nitrogen and oxygen atoms in total. The minimum atomic E-state index is -0.878. The minimum Gasteiger partial charge on any atom is -0.392 e. The minimum absolute atomic E-state index is 0.179. The van der Waals surface area contributed by atoms with Crippen LogP contribution in [0.5, 0.6) is 0 Å². The van der Waals surface area contributed by atoms with Crippen LogP contribution in [0.2, 0.25) is 0 Å². The summed E-state index contributed by atoms with van der Waals surface area (Å²) < 4.78 is 26.6. The van der Waals surface area contributed by atoms with Crippen molar-refractivity contribution in [1.82, 2.24) is 10.2 Å². The molecule has 2 N–H and O–H groups in total. The fraction of sp³-hybridized carbons (Fsp3) is 0.316. The van der Waals surface area contributed by atoms with E-state index in [2.05, 4.69) is 10.2 Å². The lowest BCUT2D eigenvalue weighted by atomic mass is 10.1. The van der Waals surface area contributed by atoms with Crippen molar-refractivity contribution in [3.05, 3.63) is 70.8 Å². The molecule has 3 rings (SSSR count). The summed E-state index contributed by atoms with van der Waals surface area (Å²) in [6.45, 7) is 2.42. The first kappa shape index (κ1) is 17.5. The average molecular weight is 346 g/mol. The van der Waals surface area contributed by atoms with Crippen molar-refractivity contribution in [2.45, 2.75) is 25.6 Å². The number of hydrogen-bond acceptors (Lipinski definition) is 3. The Morgan fingerprint density at radius 3 is 2.64 bits per heavy atom. The maximum atomic E-state index is 13.7. The van der Waals surface area contributed by atoms with Crippen molar-refractivity contribution in [2.24, 2.45) is 0 Å². The van der Waals surface area contributed by atoms with Crippen molar-refractivity contribution in [1.29, 1.82) is 0 Å². The summed E-state index contributed by atoms with van der Waals surface area (Å²) in [5.74, 6) is -2.17. The summed E-state index contributed by atoms with van der Waals surface area (Å²) in [5.41, 5.74) is 1.80. The Morgan fingerprint density at radius 1 is 1.20 bits per heavy atom. The third-order valence-electron chi connectivity index (χ3n) is 4.37. The molecular formula is C19H20F2N2O2. The molecule has 1 amide bonds. The molecule has 0 bridgehead atoms. The highest BCUT2D eigenvalue weighted by Gasteiger charge is 2.21. The lowest BCUT2D eigenvalue weighted by Crippen LogP contribution is -2.26. The largest absolute Gasteiger partial charge is 0.392 e. The lowest BCUT2D eigenvalue weighted by Gasteiger charge is -2.18. The van der Waals surface area contributed by atoms with E-state index in [9.17, 15) is 18.7 Å². The number of carbonyl (C=O) groups is 1. The van der Waals surface area contributed by atoms with Gasteiger partial charge in [0.15, 0.2) is 0 Å². The van der Waals surface area contributed by atoms with Crippen LogP contribution in [0, 0.1) is 11.6 Å². The van der Waals surface area contributed by atoms with E-state index in [-0.39, 0.29) is 18.2 Å².